The topological polar surface area (TPSA) is 117 Å². The molecule has 0 aliphatic carbocycles. The highest BCUT2D eigenvalue weighted by Gasteiger charge is 2.28. The number of Topliss-reactive ketones (excluding diaryl/α,β-unsaturated/α-hetero) is 2. The Balaban J connectivity index is 0.000000294. The maximum Gasteiger partial charge on any atom is 0.410 e. The molecular weight excluding hydrogens is 474 g/mol. The minimum atomic E-state index is -0.560. The van der Waals surface area contributed by atoms with E-state index in [0.717, 1.165) is 5.56 Å². The summed E-state index contributed by atoms with van der Waals surface area (Å²) in [6, 6.07) is 9.02. The summed E-state index contributed by atoms with van der Waals surface area (Å²) < 4.78 is 10.5. The Hall–Kier alpha value is -3.67. The smallest absolute Gasteiger partial charge is 0.410 e. The lowest BCUT2D eigenvalue weighted by molar-refractivity contribution is -0.121. The third-order valence-electron chi connectivity index (χ3n) is 5.33. The summed E-state index contributed by atoms with van der Waals surface area (Å²) in [5.41, 5.74) is 0.955. The first-order chi connectivity index (χ1) is 17.2. The molecule has 2 saturated heterocycles. The number of benzene rings is 1. The van der Waals surface area contributed by atoms with Crippen molar-refractivity contribution < 1.29 is 28.7 Å². The van der Waals surface area contributed by atoms with Gasteiger partial charge in [-0.15, -0.1) is 0 Å². The zero-order valence-electron chi connectivity index (χ0n) is 22.6. The fourth-order valence-electron chi connectivity index (χ4n) is 3.50. The lowest BCUT2D eigenvalue weighted by Gasteiger charge is -2.30. The number of hydrogen-bond acceptors (Lipinski definition) is 7. The number of nitrogens with zero attached hydrogens (tertiary/aromatic N) is 3. The zero-order chi connectivity index (χ0) is 27.8. The molecule has 1 aromatic carbocycles. The second kappa shape index (κ2) is 12.5. The molecule has 2 aliphatic rings. The Labute approximate surface area is 219 Å². The Morgan fingerprint density at radius 1 is 0.838 bits per heavy atom. The summed E-state index contributed by atoms with van der Waals surface area (Å²) in [4.78, 5) is 49.8. The van der Waals surface area contributed by atoms with Gasteiger partial charge in [0.15, 0.2) is 5.78 Å². The molecular formula is C28H37N3O6. The fourth-order valence-corrected chi connectivity index (χ4v) is 3.50. The predicted octanol–water partition coefficient (Wildman–Crippen LogP) is 4.74. The largest absolute Gasteiger partial charge is 0.444 e. The van der Waals surface area contributed by atoms with Gasteiger partial charge in [-0.05, 0) is 65.3 Å². The summed E-state index contributed by atoms with van der Waals surface area (Å²) in [7, 11) is 0. The van der Waals surface area contributed by atoms with E-state index in [9.17, 15) is 19.2 Å². The Morgan fingerprint density at radius 3 is 1.81 bits per heavy atom. The van der Waals surface area contributed by atoms with Gasteiger partial charge in [0.1, 0.15) is 17.0 Å². The standard InChI is InChI=1S/C18H20N2O3.C10H17NO3/c1-18(2,3)23-17(22)20-9-8-16(21)15(12-20)10-13-4-6-14(11-19)7-5-13;1-10(2,3)14-9(13)11-6-4-8(12)5-7-11/h4-7,10H,8-9,12H2,1-3H3;4-7H2,1-3H3/b15-10+;. The third-order valence-corrected chi connectivity index (χ3v) is 5.33. The molecule has 3 rings (SSSR count). The Bertz CT molecular complexity index is 1060. The number of amides is 2. The van der Waals surface area contributed by atoms with Crippen molar-refractivity contribution in [2.24, 2.45) is 0 Å². The maximum atomic E-state index is 12.1. The fraction of sp³-hybridized carbons (Fsp3) is 0.536. The quantitative estimate of drug-likeness (QED) is 0.500. The molecule has 2 heterocycles. The molecule has 0 atom stereocenters. The molecule has 2 amide bonds. The van der Waals surface area contributed by atoms with Gasteiger partial charge in [0.2, 0.25) is 0 Å². The Morgan fingerprint density at radius 2 is 1.32 bits per heavy atom. The molecule has 0 spiro atoms. The van der Waals surface area contributed by atoms with E-state index >= 15 is 0 Å². The van der Waals surface area contributed by atoms with Gasteiger partial charge in [-0.25, -0.2) is 9.59 Å². The lowest BCUT2D eigenvalue weighted by Crippen LogP contribution is -2.42. The minimum absolute atomic E-state index is 0.0363. The van der Waals surface area contributed by atoms with Gasteiger partial charge in [0.25, 0.3) is 0 Å². The van der Waals surface area contributed by atoms with Crippen LogP contribution in [0, 0.1) is 11.3 Å². The molecule has 9 heteroatoms. The average Bonchev–Trinajstić information content (AvgIpc) is 2.79. The number of ketones is 2. The van der Waals surface area contributed by atoms with E-state index in [-0.39, 0.29) is 24.2 Å². The van der Waals surface area contributed by atoms with Gasteiger partial charge >= 0.3 is 12.2 Å². The molecule has 2 fully saturated rings. The van der Waals surface area contributed by atoms with E-state index in [0.29, 0.717) is 50.0 Å². The highest BCUT2D eigenvalue weighted by molar-refractivity contribution is 6.01. The molecule has 37 heavy (non-hydrogen) atoms. The van der Waals surface area contributed by atoms with Crippen LogP contribution in [-0.2, 0) is 19.1 Å². The van der Waals surface area contributed by atoms with Crippen LogP contribution in [0.15, 0.2) is 29.8 Å². The second-order valence-electron chi connectivity index (χ2n) is 11.0. The first-order valence-electron chi connectivity index (χ1n) is 12.4. The average molecular weight is 512 g/mol. The molecule has 200 valence electrons. The predicted molar refractivity (Wildman–Crippen MR) is 139 cm³/mol. The van der Waals surface area contributed by atoms with Crippen molar-refractivity contribution in [3.63, 3.8) is 0 Å². The van der Waals surface area contributed by atoms with Crippen LogP contribution in [0.1, 0.15) is 71.9 Å². The van der Waals surface area contributed by atoms with Gasteiger partial charge in [0, 0.05) is 44.5 Å². The molecule has 0 saturated carbocycles. The number of nitriles is 1. The first-order valence-corrected chi connectivity index (χ1v) is 12.4. The Kier molecular flexibility index (Phi) is 10.0. The summed E-state index contributed by atoms with van der Waals surface area (Å²) in [6.07, 6.45) is 2.25. The number of likely N-dealkylation sites (tertiary alicyclic amines) is 2. The van der Waals surface area contributed by atoms with Gasteiger partial charge in [-0.1, -0.05) is 12.1 Å². The zero-order valence-corrected chi connectivity index (χ0v) is 22.6. The van der Waals surface area contributed by atoms with Crippen LogP contribution in [0.5, 0.6) is 0 Å². The number of carbonyl (C=O) groups excluding carboxylic acids is 4. The second-order valence-corrected chi connectivity index (χ2v) is 11.0. The van der Waals surface area contributed by atoms with Crippen LogP contribution >= 0.6 is 0 Å². The van der Waals surface area contributed by atoms with E-state index in [1.807, 2.05) is 41.5 Å². The molecule has 0 aromatic heterocycles. The minimum Gasteiger partial charge on any atom is -0.444 e. The van der Waals surface area contributed by atoms with Gasteiger partial charge in [-0.2, -0.15) is 5.26 Å². The first kappa shape index (κ1) is 29.6. The SMILES string of the molecule is CC(C)(C)OC(=O)N1CCC(=O)/C(=C/c2ccc(C#N)cc2)C1.CC(C)(C)OC(=O)N1CCC(=O)CC1. The van der Waals surface area contributed by atoms with Crippen molar-refractivity contribution >= 4 is 29.8 Å². The summed E-state index contributed by atoms with van der Waals surface area (Å²) in [5, 5.41) is 8.80. The molecule has 1 aromatic rings. The van der Waals surface area contributed by atoms with Crippen molar-refractivity contribution in [2.75, 3.05) is 26.2 Å². The van der Waals surface area contributed by atoms with E-state index in [1.165, 1.54) is 0 Å². The molecule has 0 radical (unpaired) electrons. The van der Waals surface area contributed by atoms with Crippen molar-refractivity contribution in [2.45, 2.75) is 72.0 Å². The summed E-state index contributed by atoms with van der Waals surface area (Å²) in [5.74, 6) is 0.263. The van der Waals surface area contributed by atoms with E-state index in [2.05, 4.69) is 6.07 Å². The summed E-state index contributed by atoms with van der Waals surface area (Å²) in [6.45, 7) is 12.5. The molecule has 2 aliphatic heterocycles. The number of carbonyl (C=O) groups is 4. The third kappa shape index (κ3) is 10.5. The highest BCUT2D eigenvalue weighted by atomic mass is 16.6. The normalized spacial score (nSPS) is 17.5. The number of ether oxygens (including phenoxy) is 2. The monoisotopic (exact) mass is 511 g/mol. The van der Waals surface area contributed by atoms with E-state index in [1.54, 1.807) is 40.1 Å². The van der Waals surface area contributed by atoms with Gasteiger partial charge in [0.05, 0.1) is 18.2 Å². The molecule has 0 N–H and O–H groups in total. The number of piperidine rings is 2. The van der Waals surface area contributed by atoms with Crippen LogP contribution < -0.4 is 0 Å². The van der Waals surface area contributed by atoms with Crippen LogP contribution in [0.2, 0.25) is 0 Å². The van der Waals surface area contributed by atoms with E-state index < -0.39 is 17.3 Å². The summed E-state index contributed by atoms with van der Waals surface area (Å²) >= 11 is 0. The van der Waals surface area contributed by atoms with Gasteiger partial charge < -0.3 is 19.3 Å². The van der Waals surface area contributed by atoms with Gasteiger partial charge in [-0.3, -0.25) is 9.59 Å². The van der Waals surface area contributed by atoms with E-state index in [4.69, 9.17) is 14.7 Å². The van der Waals surface area contributed by atoms with Crippen LogP contribution in [-0.4, -0.2) is 70.9 Å². The van der Waals surface area contributed by atoms with Crippen LogP contribution in [0.25, 0.3) is 6.08 Å². The van der Waals surface area contributed by atoms with Crippen LogP contribution in [0.3, 0.4) is 0 Å². The molecule has 9 nitrogen and oxygen atoms in total. The number of rotatable bonds is 1. The van der Waals surface area contributed by atoms with Crippen LogP contribution in [0.4, 0.5) is 9.59 Å². The number of hydrogen-bond donors (Lipinski definition) is 0. The molecule has 0 unspecified atom stereocenters. The lowest BCUT2D eigenvalue weighted by atomic mass is 10.0. The maximum absolute atomic E-state index is 12.1. The van der Waals surface area contributed by atoms with Crippen molar-refractivity contribution in [3.05, 3.63) is 41.0 Å². The highest BCUT2D eigenvalue weighted by Crippen LogP contribution is 2.19. The van der Waals surface area contributed by atoms with Crippen molar-refractivity contribution in [1.29, 1.82) is 5.26 Å². The van der Waals surface area contributed by atoms with Crippen molar-refractivity contribution in [1.82, 2.24) is 9.80 Å². The van der Waals surface area contributed by atoms with Crippen molar-refractivity contribution in [3.8, 4) is 6.07 Å². The molecule has 0 bridgehead atoms.